The zero-order valence-electron chi connectivity index (χ0n) is 16.3. The van der Waals surface area contributed by atoms with Crippen molar-refractivity contribution in [3.05, 3.63) is 52.0 Å². The number of anilines is 1. The lowest BCUT2D eigenvalue weighted by molar-refractivity contribution is -0.137. The molecule has 0 unspecified atom stereocenters. The minimum atomic E-state index is -4.61. The van der Waals surface area contributed by atoms with E-state index in [9.17, 15) is 28.2 Å². The molecule has 0 bridgehead atoms. The highest BCUT2D eigenvalue weighted by atomic mass is 35.5. The number of aromatic hydroxyl groups is 2. The topological polar surface area (TPSA) is 70.0 Å². The van der Waals surface area contributed by atoms with E-state index in [1.165, 1.54) is 23.1 Å². The molecule has 158 valence electrons. The number of benzene rings is 2. The maximum atomic E-state index is 13.0. The Labute approximate surface area is 171 Å². The van der Waals surface area contributed by atoms with Gasteiger partial charge in [-0.15, -0.1) is 0 Å². The van der Waals surface area contributed by atoms with Crippen LogP contribution in [0.1, 0.15) is 42.3 Å². The van der Waals surface area contributed by atoms with Crippen LogP contribution in [0.15, 0.2) is 30.3 Å². The molecule has 2 aromatic rings. The van der Waals surface area contributed by atoms with Gasteiger partial charge in [0.05, 0.1) is 10.6 Å². The van der Waals surface area contributed by atoms with Crippen molar-refractivity contribution in [2.24, 2.45) is 0 Å². The van der Waals surface area contributed by atoms with Crippen molar-refractivity contribution in [2.75, 3.05) is 11.9 Å². The minimum absolute atomic E-state index is 0.0389. The summed E-state index contributed by atoms with van der Waals surface area (Å²) in [6.07, 6.45) is -4.61. The number of carbonyl (C=O) groups is 1. The van der Waals surface area contributed by atoms with Crippen LogP contribution in [0.5, 0.6) is 11.5 Å². The number of rotatable bonds is 4. The monoisotopic (exact) mass is 431 g/mol. The molecular weight excluding hydrogens is 411 g/mol. The smallest absolute Gasteiger partial charge is 0.416 e. The lowest BCUT2D eigenvalue weighted by atomic mass is 10.1. The van der Waals surface area contributed by atoms with Crippen molar-refractivity contribution < 1.29 is 32.9 Å². The van der Waals surface area contributed by atoms with Crippen LogP contribution in [-0.2, 0) is 17.5 Å². The van der Waals surface area contributed by atoms with E-state index in [1.54, 1.807) is 27.8 Å². The van der Waals surface area contributed by atoms with E-state index in [0.29, 0.717) is 11.8 Å². The molecule has 0 spiro atoms. The second-order valence-electron chi connectivity index (χ2n) is 7.52. The van der Waals surface area contributed by atoms with Gasteiger partial charge in [-0.2, -0.15) is 13.2 Å². The largest absolute Gasteiger partial charge is 0.507 e. The molecule has 2 N–H and O–H groups in total. The number of carbonyl (C=O) groups excluding carboxylic acids is 1. The number of esters is 1. The summed E-state index contributed by atoms with van der Waals surface area (Å²) >= 11 is 5.73. The minimum Gasteiger partial charge on any atom is -0.507 e. The molecular formula is C20H21ClF3NO4. The molecule has 0 saturated carbocycles. The predicted octanol–water partition coefficient (Wildman–Crippen LogP) is 5.36. The molecule has 0 aliphatic heterocycles. The van der Waals surface area contributed by atoms with Gasteiger partial charge in [-0.25, -0.2) is 4.79 Å². The Kier molecular flexibility index (Phi) is 6.27. The van der Waals surface area contributed by atoms with Crippen LogP contribution < -0.4 is 4.90 Å². The summed E-state index contributed by atoms with van der Waals surface area (Å²) in [5, 5.41) is 19.8. The number of hydrogen-bond donors (Lipinski definition) is 2. The fourth-order valence-electron chi connectivity index (χ4n) is 2.55. The van der Waals surface area contributed by atoms with Crippen LogP contribution in [0, 0.1) is 0 Å². The summed E-state index contributed by atoms with van der Waals surface area (Å²) in [5.74, 6) is -1.50. The molecule has 0 atom stereocenters. The number of phenols is 2. The average molecular weight is 432 g/mol. The van der Waals surface area contributed by atoms with Gasteiger partial charge in [0, 0.05) is 30.9 Å². The highest BCUT2D eigenvalue weighted by Gasteiger charge is 2.32. The van der Waals surface area contributed by atoms with E-state index >= 15 is 0 Å². The van der Waals surface area contributed by atoms with Crippen molar-refractivity contribution >= 4 is 23.3 Å². The predicted molar refractivity (Wildman–Crippen MR) is 104 cm³/mol. The fourth-order valence-corrected chi connectivity index (χ4v) is 2.79. The van der Waals surface area contributed by atoms with Gasteiger partial charge in [-0.1, -0.05) is 11.6 Å². The van der Waals surface area contributed by atoms with Crippen molar-refractivity contribution in [3.63, 3.8) is 0 Å². The third-order valence-corrected chi connectivity index (χ3v) is 4.21. The van der Waals surface area contributed by atoms with Gasteiger partial charge in [-0.3, -0.25) is 0 Å². The van der Waals surface area contributed by atoms with Gasteiger partial charge >= 0.3 is 12.1 Å². The summed E-state index contributed by atoms with van der Waals surface area (Å²) in [6.45, 7) is 4.95. The Morgan fingerprint density at radius 3 is 2.28 bits per heavy atom. The first-order chi connectivity index (χ1) is 13.2. The maximum Gasteiger partial charge on any atom is 0.416 e. The Bertz CT molecular complexity index is 923. The molecule has 0 heterocycles. The molecule has 0 aliphatic rings. The first-order valence-electron chi connectivity index (χ1n) is 8.55. The lowest BCUT2D eigenvalue weighted by Gasteiger charge is -2.23. The number of alkyl halides is 3. The van der Waals surface area contributed by atoms with Crippen LogP contribution in [-0.4, -0.2) is 28.8 Å². The van der Waals surface area contributed by atoms with Gasteiger partial charge in [-0.05, 0) is 45.0 Å². The highest BCUT2D eigenvalue weighted by Crippen LogP contribution is 2.38. The number of phenolic OH excluding ortho intramolecular Hbond substituents is 2. The van der Waals surface area contributed by atoms with Gasteiger partial charge in [0.15, 0.2) is 0 Å². The molecule has 0 saturated heterocycles. The van der Waals surface area contributed by atoms with Gasteiger partial charge in [0.1, 0.15) is 22.7 Å². The van der Waals surface area contributed by atoms with Gasteiger partial charge in [0.2, 0.25) is 0 Å². The first-order valence-corrected chi connectivity index (χ1v) is 8.93. The molecule has 29 heavy (non-hydrogen) atoms. The summed E-state index contributed by atoms with van der Waals surface area (Å²) in [6, 6.07) is 5.61. The lowest BCUT2D eigenvalue weighted by Crippen LogP contribution is -2.24. The van der Waals surface area contributed by atoms with E-state index in [-0.39, 0.29) is 23.4 Å². The van der Waals surface area contributed by atoms with Gasteiger partial charge < -0.3 is 19.8 Å². The van der Waals surface area contributed by atoms with Crippen LogP contribution in [0.3, 0.4) is 0 Å². The van der Waals surface area contributed by atoms with E-state index in [4.69, 9.17) is 16.3 Å². The molecule has 9 heteroatoms. The first kappa shape index (κ1) is 22.7. The van der Waals surface area contributed by atoms with E-state index in [0.717, 1.165) is 6.07 Å². The summed E-state index contributed by atoms with van der Waals surface area (Å²) in [4.78, 5) is 13.6. The van der Waals surface area contributed by atoms with Crippen molar-refractivity contribution in [2.45, 2.75) is 39.1 Å². The molecule has 0 aromatic heterocycles. The number of halogens is 4. The quantitative estimate of drug-likeness (QED) is 0.637. The molecule has 0 radical (unpaired) electrons. The van der Waals surface area contributed by atoms with Crippen molar-refractivity contribution in [3.8, 4) is 11.5 Å². The average Bonchev–Trinajstić information content (AvgIpc) is 2.55. The standard InChI is InChI=1S/C20H21ClF3NO4/c1-19(2,3)29-18(28)14-6-5-13(9-16(14)26)25(4)10-11-7-12(20(22,23)24)8-15(21)17(11)27/h5-9,26-27H,10H2,1-4H3. The highest BCUT2D eigenvalue weighted by molar-refractivity contribution is 6.32. The van der Waals surface area contributed by atoms with E-state index in [2.05, 4.69) is 0 Å². The molecule has 2 aromatic carbocycles. The van der Waals surface area contributed by atoms with Crippen LogP contribution in [0.2, 0.25) is 5.02 Å². The Morgan fingerprint density at radius 2 is 1.76 bits per heavy atom. The normalized spacial score (nSPS) is 12.0. The summed E-state index contributed by atoms with van der Waals surface area (Å²) < 4.78 is 44.2. The molecule has 0 fully saturated rings. The zero-order chi connectivity index (χ0) is 22.1. The molecule has 5 nitrogen and oxygen atoms in total. The summed E-state index contributed by atoms with van der Waals surface area (Å²) in [5.41, 5.74) is -1.39. The van der Waals surface area contributed by atoms with Crippen molar-refractivity contribution in [1.82, 2.24) is 0 Å². The van der Waals surface area contributed by atoms with E-state index in [1.807, 2.05) is 0 Å². The number of nitrogens with zero attached hydrogens (tertiary/aromatic N) is 1. The third kappa shape index (κ3) is 5.69. The second-order valence-corrected chi connectivity index (χ2v) is 7.93. The molecule has 0 aliphatic carbocycles. The van der Waals surface area contributed by atoms with Crippen LogP contribution in [0.25, 0.3) is 0 Å². The van der Waals surface area contributed by atoms with Crippen LogP contribution >= 0.6 is 11.6 Å². The molecule has 2 rings (SSSR count). The van der Waals surface area contributed by atoms with Gasteiger partial charge in [0.25, 0.3) is 0 Å². The van der Waals surface area contributed by atoms with Crippen molar-refractivity contribution in [1.29, 1.82) is 0 Å². The Balaban J connectivity index is 2.28. The fraction of sp³-hybridized carbons (Fsp3) is 0.350. The SMILES string of the molecule is CN(Cc1cc(C(F)(F)F)cc(Cl)c1O)c1ccc(C(=O)OC(C)(C)C)c(O)c1. The maximum absolute atomic E-state index is 13.0. The zero-order valence-corrected chi connectivity index (χ0v) is 17.0. The second kappa shape index (κ2) is 8.02. The Morgan fingerprint density at radius 1 is 1.14 bits per heavy atom. The summed E-state index contributed by atoms with van der Waals surface area (Å²) in [7, 11) is 1.55. The number of hydrogen-bond acceptors (Lipinski definition) is 5. The van der Waals surface area contributed by atoms with Crippen LogP contribution in [0.4, 0.5) is 18.9 Å². The Hall–Kier alpha value is -2.61. The third-order valence-electron chi connectivity index (χ3n) is 3.92. The molecule has 0 amide bonds. The van der Waals surface area contributed by atoms with E-state index < -0.39 is 34.1 Å². The number of ether oxygens (including phenoxy) is 1.